The average Bonchev–Trinajstić information content (AvgIpc) is 2.86. The topological polar surface area (TPSA) is 191 Å². The first-order valence-electron chi connectivity index (χ1n) is 12.3. The number of nitrogens with zero attached hydrogens (tertiary/aromatic N) is 2. The first kappa shape index (κ1) is 36.1. The van der Waals surface area contributed by atoms with Crippen LogP contribution in [0, 0.1) is 20.2 Å². The van der Waals surface area contributed by atoms with Crippen LogP contribution < -0.4 is 9.47 Å². The Balaban J connectivity index is 0.000000422. The van der Waals surface area contributed by atoms with Gasteiger partial charge in [-0.15, -0.1) is 0 Å². The van der Waals surface area contributed by atoms with Crippen molar-refractivity contribution in [2.75, 3.05) is 24.0 Å². The van der Waals surface area contributed by atoms with Crippen LogP contribution in [0.3, 0.4) is 0 Å². The maximum atomic E-state index is 11.6. The van der Waals surface area contributed by atoms with Gasteiger partial charge in [-0.05, 0) is 70.4 Å². The van der Waals surface area contributed by atoms with Gasteiger partial charge in [-0.2, -0.15) is 11.8 Å². The van der Waals surface area contributed by atoms with Crippen LogP contribution in [-0.4, -0.2) is 65.8 Å². The molecule has 2 rings (SSSR count). The fraction of sp³-hybridized carbons (Fsp3) is 0.462. The molecule has 0 amide bonds. The molecule has 0 heterocycles. The standard InChI is InChI=1S/C13H17NO7S.C13H17NO5S/c1-13(2,8-9-22(3,18)19)21-12(15)20-11-6-4-10(5-7-11)14(16)17;1-13(2,8-9-20-3)19-12(15)18-11-6-4-10(5-7-11)14(16)17/h4-7H,8-9H2,1-3H3;4-7H,8-9H2,1-3H3. The first-order valence-corrected chi connectivity index (χ1v) is 15.8. The van der Waals surface area contributed by atoms with Crippen LogP contribution in [0.25, 0.3) is 0 Å². The molecule has 0 bridgehead atoms. The third-order valence-corrected chi connectivity index (χ3v) is 6.76. The number of hydrogen-bond donors (Lipinski definition) is 0. The van der Waals surface area contributed by atoms with Gasteiger partial charge in [0, 0.05) is 36.9 Å². The van der Waals surface area contributed by atoms with E-state index < -0.39 is 43.2 Å². The Morgan fingerprint density at radius 2 is 1.12 bits per heavy atom. The molecule has 0 saturated carbocycles. The lowest BCUT2D eigenvalue weighted by atomic mass is 10.1. The van der Waals surface area contributed by atoms with Gasteiger partial charge in [0.15, 0.2) is 0 Å². The lowest BCUT2D eigenvalue weighted by Crippen LogP contribution is -2.31. The van der Waals surface area contributed by atoms with E-state index in [0.717, 1.165) is 12.0 Å². The molecule has 0 fully saturated rings. The molecule has 0 spiro atoms. The first-order chi connectivity index (χ1) is 19.3. The Hall–Kier alpha value is -3.92. The minimum Gasteiger partial charge on any atom is -0.428 e. The van der Waals surface area contributed by atoms with Crippen LogP contribution in [0.2, 0.25) is 0 Å². The normalized spacial score (nSPS) is 11.4. The van der Waals surface area contributed by atoms with E-state index in [4.69, 9.17) is 18.9 Å². The zero-order valence-corrected chi connectivity index (χ0v) is 25.7. The van der Waals surface area contributed by atoms with Crippen LogP contribution in [0.4, 0.5) is 21.0 Å². The van der Waals surface area contributed by atoms with Gasteiger partial charge in [0.1, 0.15) is 32.5 Å². The quantitative estimate of drug-likeness (QED) is 0.115. The van der Waals surface area contributed by atoms with Crippen molar-refractivity contribution in [3.63, 3.8) is 0 Å². The zero-order chi connectivity index (χ0) is 32.1. The zero-order valence-electron chi connectivity index (χ0n) is 24.1. The number of carbonyl (C=O) groups is 2. The van der Waals surface area contributed by atoms with Crippen LogP contribution in [-0.2, 0) is 19.3 Å². The molecule has 0 saturated heterocycles. The molecule has 2 aromatic rings. The number of carbonyl (C=O) groups excluding carboxylic acids is 2. The van der Waals surface area contributed by atoms with Gasteiger partial charge in [0.25, 0.3) is 11.4 Å². The van der Waals surface area contributed by atoms with Crippen molar-refractivity contribution >= 4 is 45.3 Å². The number of nitro benzene ring substituents is 2. The summed E-state index contributed by atoms with van der Waals surface area (Å²) < 4.78 is 42.4. The molecule has 0 atom stereocenters. The Morgan fingerprint density at radius 3 is 1.43 bits per heavy atom. The summed E-state index contributed by atoms with van der Waals surface area (Å²) in [7, 11) is -3.16. The van der Waals surface area contributed by atoms with Gasteiger partial charge < -0.3 is 18.9 Å². The van der Waals surface area contributed by atoms with Crippen molar-refractivity contribution < 1.29 is 46.8 Å². The maximum Gasteiger partial charge on any atom is 0.514 e. The summed E-state index contributed by atoms with van der Waals surface area (Å²) in [6, 6.07) is 10.2. The highest BCUT2D eigenvalue weighted by atomic mass is 32.2. The number of ether oxygens (including phenoxy) is 4. The number of non-ortho nitro benzene ring substituents is 2. The fourth-order valence-electron chi connectivity index (χ4n) is 2.84. The second-order valence-corrected chi connectivity index (χ2v) is 13.3. The Labute approximate surface area is 247 Å². The molecule has 0 radical (unpaired) electrons. The largest absolute Gasteiger partial charge is 0.514 e. The number of sulfone groups is 1. The summed E-state index contributed by atoms with van der Waals surface area (Å²) in [4.78, 5) is 43.2. The molecule has 0 N–H and O–H groups in total. The van der Waals surface area contributed by atoms with E-state index in [9.17, 15) is 38.2 Å². The van der Waals surface area contributed by atoms with E-state index in [1.165, 1.54) is 48.5 Å². The van der Waals surface area contributed by atoms with Crippen LogP contribution in [0.5, 0.6) is 11.5 Å². The number of thioether (sulfide) groups is 1. The Morgan fingerprint density at radius 1 is 0.762 bits per heavy atom. The Bertz CT molecular complexity index is 1330. The molecule has 0 aliphatic rings. The minimum atomic E-state index is -3.16. The predicted octanol–water partition coefficient (Wildman–Crippen LogP) is 5.97. The molecule has 232 valence electrons. The molecule has 16 heteroatoms. The van der Waals surface area contributed by atoms with Gasteiger partial charge in [-0.3, -0.25) is 20.2 Å². The smallest absolute Gasteiger partial charge is 0.428 e. The molecular weight excluding hydrogens is 596 g/mol. The van der Waals surface area contributed by atoms with E-state index in [1.807, 2.05) is 6.26 Å². The third kappa shape index (κ3) is 15.2. The Kier molecular flexibility index (Phi) is 13.7. The van der Waals surface area contributed by atoms with Crippen molar-refractivity contribution in [1.29, 1.82) is 0 Å². The summed E-state index contributed by atoms with van der Waals surface area (Å²) in [5.74, 6) is 1.05. The second kappa shape index (κ2) is 15.9. The van der Waals surface area contributed by atoms with E-state index in [0.29, 0.717) is 6.42 Å². The second-order valence-electron chi connectivity index (χ2n) is 10.1. The van der Waals surface area contributed by atoms with Gasteiger partial charge in [0.2, 0.25) is 0 Å². The van der Waals surface area contributed by atoms with E-state index in [1.54, 1.807) is 39.5 Å². The number of rotatable bonds is 12. The van der Waals surface area contributed by atoms with Crippen LogP contribution in [0.1, 0.15) is 40.5 Å². The van der Waals surface area contributed by atoms with Crippen molar-refractivity contribution in [1.82, 2.24) is 0 Å². The van der Waals surface area contributed by atoms with Crippen molar-refractivity contribution in [3.05, 3.63) is 68.8 Å². The number of hydrogen-bond acceptors (Lipinski definition) is 13. The summed E-state index contributed by atoms with van der Waals surface area (Å²) in [6.45, 7) is 6.74. The summed E-state index contributed by atoms with van der Waals surface area (Å²) in [6.07, 6.45) is 2.09. The number of benzene rings is 2. The van der Waals surface area contributed by atoms with Gasteiger partial charge in [-0.25, -0.2) is 18.0 Å². The number of nitro groups is 2. The van der Waals surface area contributed by atoms with Crippen molar-refractivity contribution in [2.24, 2.45) is 0 Å². The summed E-state index contributed by atoms with van der Waals surface area (Å²) >= 11 is 1.67. The van der Waals surface area contributed by atoms with Crippen LogP contribution >= 0.6 is 11.8 Å². The lowest BCUT2D eigenvalue weighted by molar-refractivity contribution is -0.385. The fourth-order valence-corrected chi connectivity index (χ4v) is 4.40. The minimum absolute atomic E-state index is 0.0639. The highest BCUT2D eigenvalue weighted by Crippen LogP contribution is 2.22. The average molecular weight is 631 g/mol. The molecule has 42 heavy (non-hydrogen) atoms. The van der Waals surface area contributed by atoms with Crippen molar-refractivity contribution in [3.8, 4) is 11.5 Å². The van der Waals surface area contributed by atoms with Gasteiger partial charge >= 0.3 is 12.3 Å². The molecule has 0 aliphatic heterocycles. The summed E-state index contributed by atoms with van der Waals surface area (Å²) in [5, 5.41) is 21.0. The van der Waals surface area contributed by atoms with Gasteiger partial charge in [0.05, 0.1) is 15.6 Å². The molecule has 0 unspecified atom stereocenters. The lowest BCUT2D eigenvalue weighted by Gasteiger charge is -2.23. The van der Waals surface area contributed by atoms with Crippen LogP contribution in [0.15, 0.2) is 48.5 Å². The third-order valence-electron chi connectivity index (χ3n) is 5.20. The van der Waals surface area contributed by atoms with E-state index in [2.05, 4.69) is 0 Å². The van der Waals surface area contributed by atoms with Gasteiger partial charge in [-0.1, -0.05) is 0 Å². The summed E-state index contributed by atoms with van der Waals surface area (Å²) in [5.41, 5.74) is -1.82. The SMILES string of the molecule is CC(C)(CCS(C)(=O)=O)OC(=O)Oc1ccc([N+](=O)[O-])cc1.CSCCC(C)(C)OC(=O)Oc1ccc([N+](=O)[O-])cc1. The van der Waals surface area contributed by atoms with E-state index >= 15 is 0 Å². The molecular formula is C26H34N2O12S2. The van der Waals surface area contributed by atoms with Crippen molar-refractivity contribution in [2.45, 2.75) is 51.7 Å². The highest BCUT2D eigenvalue weighted by Gasteiger charge is 2.26. The maximum absolute atomic E-state index is 11.6. The highest BCUT2D eigenvalue weighted by molar-refractivity contribution is 7.98. The molecule has 2 aromatic carbocycles. The molecule has 14 nitrogen and oxygen atoms in total. The molecule has 0 aromatic heterocycles. The van der Waals surface area contributed by atoms with E-state index in [-0.39, 0.29) is 35.0 Å². The molecule has 0 aliphatic carbocycles. The monoisotopic (exact) mass is 630 g/mol. The predicted molar refractivity (Wildman–Crippen MR) is 156 cm³/mol.